The van der Waals surface area contributed by atoms with Crippen LogP contribution in [0.5, 0.6) is 0 Å². The molecule has 0 spiro atoms. The van der Waals surface area contributed by atoms with Crippen LogP contribution < -0.4 is 5.32 Å². The summed E-state index contributed by atoms with van der Waals surface area (Å²) in [5, 5.41) is 86.9. The second-order valence-corrected chi connectivity index (χ2v) is 20.1. The first-order valence-electron chi connectivity index (χ1n) is 28.2. The van der Waals surface area contributed by atoms with Crippen LogP contribution in [0.1, 0.15) is 219 Å². The second kappa shape index (κ2) is 42.6. The van der Waals surface area contributed by atoms with Crippen molar-refractivity contribution < 1.29 is 64.6 Å². The minimum atomic E-state index is -1.79. The van der Waals surface area contributed by atoms with Crippen LogP contribution in [0.3, 0.4) is 0 Å². The maximum absolute atomic E-state index is 13.2. The molecule has 2 rings (SSSR count). The Labute approximate surface area is 423 Å². The van der Waals surface area contributed by atoms with Gasteiger partial charge in [-0.3, -0.25) is 4.79 Å². The molecule has 70 heavy (non-hydrogen) atoms. The molecule has 2 fully saturated rings. The number of amides is 1. The highest BCUT2D eigenvalue weighted by Gasteiger charge is 2.51. The van der Waals surface area contributed by atoms with Crippen molar-refractivity contribution in [3.8, 4) is 0 Å². The van der Waals surface area contributed by atoms with Crippen LogP contribution in [-0.2, 0) is 23.7 Å². The van der Waals surface area contributed by atoms with Gasteiger partial charge in [-0.05, 0) is 57.8 Å². The number of rotatable bonds is 44. The zero-order chi connectivity index (χ0) is 51.0. The number of nitrogens with one attached hydrogen (secondary N) is 1. The Bertz CT molecular complexity index is 1320. The topological polar surface area (TPSA) is 228 Å². The molecule has 2 heterocycles. The fourth-order valence-electron chi connectivity index (χ4n) is 9.18. The van der Waals surface area contributed by atoms with Gasteiger partial charge < -0.3 is 65.1 Å². The Morgan fingerprint density at radius 3 is 1.40 bits per heavy atom. The lowest BCUT2D eigenvalue weighted by molar-refractivity contribution is -0.359. The van der Waals surface area contributed by atoms with Gasteiger partial charge in [-0.2, -0.15) is 0 Å². The molecule has 0 aromatic heterocycles. The Balaban J connectivity index is 1.82. The van der Waals surface area contributed by atoms with E-state index in [4.69, 9.17) is 18.9 Å². The third-order valence-corrected chi connectivity index (χ3v) is 13.8. The van der Waals surface area contributed by atoms with Gasteiger partial charge in [0.05, 0.1) is 32.0 Å². The van der Waals surface area contributed by atoms with Crippen LogP contribution in [0.15, 0.2) is 36.5 Å². The predicted octanol–water partition coefficient (Wildman–Crippen LogP) is 8.66. The first kappa shape index (κ1) is 64.3. The van der Waals surface area contributed by atoms with Crippen molar-refractivity contribution >= 4 is 5.91 Å². The number of carbonyl (C=O) groups excluding carboxylic acids is 1. The normalized spacial score (nSPS) is 26.2. The maximum Gasteiger partial charge on any atom is 0.220 e. The van der Waals surface area contributed by atoms with Gasteiger partial charge in [0.2, 0.25) is 5.91 Å². The van der Waals surface area contributed by atoms with E-state index in [0.29, 0.717) is 12.8 Å². The van der Waals surface area contributed by atoms with Crippen molar-refractivity contribution in [2.24, 2.45) is 0 Å². The lowest BCUT2D eigenvalue weighted by Crippen LogP contribution is -2.65. The largest absolute Gasteiger partial charge is 0.394 e. The van der Waals surface area contributed by atoms with Gasteiger partial charge >= 0.3 is 0 Å². The van der Waals surface area contributed by atoms with E-state index in [2.05, 4.69) is 43.5 Å². The third-order valence-electron chi connectivity index (χ3n) is 13.8. The summed E-state index contributed by atoms with van der Waals surface area (Å²) in [6, 6.07) is -0.931. The summed E-state index contributed by atoms with van der Waals surface area (Å²) in [4.78, 5) is 13.2. The van der Waals surface area contributed by atoms with Crippen molar-refractivity contribution in [1.82, 2.24) is 5.32 Å². The highest BCUT2D eigenvalue weighted by molar-refractivity contribution is 5.76. The van der Waals surface area contributed by atoms with Gasteiger partial charge in [-0.1, -0.05) is 192 Å². The summed E-state index contributed by atoms with van der Waals surface area (Å²) in [5.74, 6) is -0.251. The molecule has 0 bridgehead atoms. The fraction of sp³-hybridized carbons (Fsp3) is 0.875. The zero-order valence-electron chi connectivity index (χ0n) is 43.8. The average Bonchev–Trinajstić information content (AvgIpc) is 3.36. The van der Waals surface area contributed by atoms with E-state index in [1.54, 1.807) is 6.08 Å². The lowest BCUT2D eigenvalue weighted by atomic mass is 9.97. The van der Waals surface area contributed by atoms with Crippen LogP contribution in [-0.4, -0.2) is 140 Å². The smallest absolute Gasteiger partial charge is 0.220 e. The van der Waals surface area contributed by atoms with Crippen LogP contribution >= 0.6 is 0 Å². The number of aliphatic hydroxyl groups excluding tert-OH is 8. The van der Waals surface area contributed by atoms with Gasteiger partial charge in [0.25, 0.3) is 0 Å². The molecular weight excluding hydrogens is 895 g/mol. The van der Waals surface area contributed by atoms with Crippen LogP contribution in [0, 0.1) is 0 Å². The van der Waals surface area contributed by atoms with Crippen LogP contribution in [0.4, 0.5) is 0 Å². The van der Waals surface area contributed by atoms with Crippen molar-refractivity contribution in [2.75, 3.05) is 19.8 Å². The van der Waals surface area contributed by atoms with Gasteiger partial charge in [-0.15, -0.1) is 0 Å². The molecule has 12 atom stereocenters. The predicted molar refractivity (Wildman–Crippen MR) is 277 cm³/mol. The number of aliphatic hydroxyl groups is 8. The minimum Gasteiger partial charge on any atom is -0.394 e. The third kappa shape index (κ3) is 28.6. The van der Waals surface area contributed by atoms with Crippen molar-refractivity contribution in [3.63, 3.8) is 0 Å². The zero-order valence-corrected chi connectivity index (χ0v) is 43.8. The summed E-state index contributed by atoms with van der Waals surface area (Å²) in [6.07, 6.45) is 33.2. The SMILES string of the molecule is CCCCCCCC/C=C\CCCCCCCCCCCC(=O)NC(COC1OC(CO)C(OC2OC(CO)C(O)C(O)C2O)C(O)C1O)C(O)/C=C/CC/C=C/CCCCCCCCCCCCC. The molecule has 2 saturated heterocycles. The molecular formula is C56H103NO13. The molecule has 0 radical (unpaired) electrons. The molecule has 0 saturated carbocycles. The number of allylic oxidation sites excluding steroid dienone is 5. The van der Waals surface area contributed by atoms with Gasteiger partial charge in [0, 0.05) is 6.42 Å². The Kier molecular flexibility index (Phi) is 39.1. The second-order valence-electron chi connectivity index (χ2n) is 20.1. The molecule has 2 aliphatic heterocycles. The van der Waals surface area contributed by atoms with E-state index < -0.39 is 86.8 Å². The standard InChI is InChI=1S/C56H103NO13/c1-3-5-7-9-11-13-15-17-19-21-22-24-26-28-30-32-34-36-38-40-48(61)57-44(45(60)39-37-35-33-31-29-27-25-23-20-18-16-14-12-10-8-6-4-2)43-67-55-53(66)51(64)54(47(42-59)69-55)70-56-52(65)50(63)49(62)46(41-58)68-56/h17,19,29,31,37,39,44-47,49-56,58-60,62-66H,3-16,18,20-28,30,32-36,38,40-43H2,1-2H3,(H,57,61)/b19-17-,31-29+,39-37+. The molecule has 410 valence electrons. The van der Waals surface area contributed by atoms with E-state index in [9.17, 15) is 45.6 Å². The van der Waals surface area contributed by atoms with Crippen molar-refractivity contribution in [3.05, 3.63) is 36.5 Å². The quantitative estimate of drug-likeness (QED) is 0.0206. The van der Waals surface area contributed by atoms with E-state index >= 15 is 0 Å². The maximum atomic E-state index is 13.2. The molecule has 14 nitrogen and oxygen atoms in total. The molecule has 14 heteroatoms. The molecule has 12 unspecified atom stereocenters. The van der Waals surface area contributed by atoms with E-state index in [0.717, 1.165) is 32.1 Å². The lowest BCUT2D eigenvalue weighted by Gasteiger charge is -2.46. The molecule has 0 aromatic carbocycles. The number of ether oxygens (including phenoxy) is 4. The first-order chi connectivity index (χ1) is 34.1. The van der Waals surface area contributed by atoms with E-state index in [1.165, 1.54) is 154 Å². The molecule has 0 aliphatic carbocycles. The summed E-state index contributed by atoms with van der Waals surface area (Å²) < 4.78 is 22.7. The van der Waals surface area contributed by atoms with Crippen molar-refractivity contribution in [2.45, 2.75) is 293 Å². The monoisotopic (exact) mass is 998 g/mol. The van der Waals surface area contributed by atoms with E-state index in [-0.39, 0.29) is 18.9 Å². The minimum absolute atomic E-state index is 0.251. The Morgan fingerprint density at radius 1 is 0.500 bits per heavy atom. The number of hydrogen-bond acceptors (Lipinski definition) is 13. The number of carbonyl (C=O) groups is 1. The number of hydrogen-bond donors (Lipinski definition) is 9. The van der Waals surface area contributed by atoms with Crippen LogP contribution in [0.2, 0.25) is 0 Å². The first-order valence-corrected chi connectivity index (χ1v) is 28.2. The Hall–Kier alpha value is -1.79. The highest BCUT2D eigenvalue weighted by atomic mass is 16.7. The molecule has 0 aromatic rings. The summed E-state index contributed by atoms with van der Waals surface area (Å²) in [7, 11) is 0. The van der Waals surface area contributed by atoms with Gasteiger partial charge in [0.1, 0.15) is 48.8 Å². The number of unbranched alkanes of at least 4 members (excludes halogenated alkanes) is 27. The van der Waals surface area contributed by atoms with Crippen molar-refractivity contribution in [1.29, 1.82) is 0 Å². The van der Waals surface area contributed by atoms with Crippen LogP contribution in [0.25, 0.3) is 0 Å². The van der Waals surface area contributed by atoms with Gasteiger partial charge in [-0.25, -0.2) is 0 Å². The highest BCUT2D eigenvalue weighted by Crippen LogP contribution is 2.30. The Morgan fingerprint density at radius 2 is 0.914 bits per heavy atom. The van der Waals surface area contributed by atoms with Gasteiger partial charge in [0.15, 0.2) is 12.6 Å². The average molecular weight is 998 g/mol. The summed E-state index contributed by atoms with van der Waals surface area (Å²) >= 11 is 0. The fourth-order valence-corrected chi connectivity index (χ4v) is 9.18. The summed E-state index contributed by atoms with van der Waals surface area (Å²) in [6.45, 7) is 2.78. The molecule has 1 amide bonds. The molecule has 2 aliphatic rings. The van der Waals surface area contributed by atoms with E-state index in [1.807, 2.05) is 6.08 Å². The molecule has 9 N–H and O–H groups in total. The summed E-state index contributed by atoms with van der Waals surface area (Å²) in [5.41, 5.74) is 0.